The van der Waals surface area contributed by atoms with Gasteiger partial charge in [0.1, 0.15) is 4.90 Å². The van der Waals surface area contributed by atoms with Crippen LogP contribution in [-0.2, 0) is 10.0 Å². The average molecular weight is 332 g/mol. The van der Waals surface area contributed by atoms with Crippen LogP contribution in [0, 0.1) is 0 Å². The van der Waals surface area contributed by atoms with E-state index in [1.807, 2.05) is 19.2 Å². The van der Waals surface area contributed by atoms with Gasteiger partial charge >= 0.3 is 0 Å². The minimum Gasteiger partial charge on any atom is -0.398 e. The van der Waals surface area contributed by atoms with Gasteiger partial charge in [0, 0.05) is 10.4 Å². The molecule has 8 heteroatoms. The van der Waals surface area contributed by atoms with E-state index >= 15 is 0 Å². The van der Waals surface area contributed by atoms with Crippen LogP contribution in [0.25, 0.3) is 0 Å². The highest BCUT2D eigenvalue weighted by atomic mass is 35.5. The van der Waals surface area contributed by atoms with Crippen LogP contribution in [0.1, 0.15) is 25.5 Å². The number of nitrogens with one attached hydrogen (secondary N) is 1. The second kappa shape index (κ2) is 5.59. The lowest BCUT2D eigenvalue weighted by molar-refractivity contribution is 0.601. The minimum absolute atomic E-state index is 0.0497. The van der Waals surface area contributed by atoms with Crippen molar-refractivity contribution >= 4 is 43.8 Å². The third-order valence-corrected chi connectivity index (χ3v) is 5.14. The first kappa shape index (κ1) is 15.1. The first-order valence-corrected chi connectivity index (χ1v) is 8.57. The third-order valence-electron chi connectivity index (χ3n) is 2.60. The van der Waals surface area contributed by atoms with Gasteiger partial charge in [0.2, 0.25) is 0 Å². The Morgan fingerprint density at radius 1 is 1.40 bits per heavy atom. The lowest BCUT2D eigenvalue weighted by Crippen LogP contribution is -2.14. The Kier molecular flexibility index (Phi) is 4.22. The number of rotatable bonds is 4. The van der Waals surface area contributed by atoms with Gasteiger partial charge in [0.25, 0.3) is 10.0 Å². The number of nitrogens with zero attached hydrogens (tertiary/aromatic N) is 1. The molecule has 0 unspecified atom stereocenters. The number of sulfonamides is 1. The molecule has 0 aliphatic heterocycles. The van der Waals surface area contributed by atoms with E-state index in [-0.39, 0.29) is 16.5 Å². The van der Waals surface area contributed by atoms with Crippen LogP contribution in [0.2, 0.25) is 5.02 Å². The summed E-state index contributed by atoms with van der Waals surface area (Å²) in [6.07, 6.45) is 0. The van der Waals surface area contributed by atoms with Crippen LogP contribution in [0.5, 0.6) is 0 Å². The highest BCUT2D eigenvalue weighted by Crippen LogP contribution is 2.27. The molecule has 0 radical (unpaired) electrons. The number of hydrogen-bond acceptors (Lipinski definition) is 5. The van der Waals surface area contributed by atoms with E-state index in [0.717, 1.165) is 5.69 Å². The van der Waals surface area contributed by atoms with Crippen molar-refractivity contribution in [3.63, 3.8) is 0 Å². The maximum Gasteiger partial charge on any atom is 0.265 e. The summed E-state index contributed by atoms with van der Waals surface area (Å²) in [6.45, 7) is 3.98. The summed E-state index contributed by atoms with van der Waals surface area (Å²) >= 11 is 7.05. The van der Waals surface area contributed by atoms with Crippen LogP contribution < -0.4 is 10.5 Å². The average Bonchev–Trinajstić information content (AvgIpc) is 2.80. The van der Waals surface area contributed by atoms with Gasteiger partial charge in [-0.25, -0.2) is 13.4 Å². The van der Waals surface area contributed by atoms with Crippen LogP contribution in [-0.4, -0.2) is 13.4 Å². The van der Waals surface area contributed by atoms with Crippen molar-refractivity contribution < 1.29 is 8.42 Å². The van der Waals surface area contributed by atoms with E-state index in [9.17, 15) is 8.42 Å². The largest absolute Gasteiger partial charge is 0.398 e. The smallest absolute Gasteiger partial charge is 0.265 e. The highest BCUT2D eigenvalue weighted by molar-refractivity contribution is 7.93. The van der Waals surface area contributed by atoms with Crippen molar-refractivity contribution in [2.45, 2.75) is 24.7 Å². The fraction of sp³-hybridized carbons (Fsp3) is 0.250. The van der Waals surface area contributed by atoms with Crippen LogP contribution >= 0.6 is 22.9 Å². The van der Waals surface area contributed by atoms with Crippen molar-refractivity contribution in [2.75, 3.05) is 10.5 Å². The number of anilines is 2. The molecule has 2 rings (SSSR count). The molecule has 0 fully saturated rings. The van der Waals surface area contributed by atoms with Gasteiger partial charge in [-0.1, -0.05) is 25.4 Å². The topological polar surface area (TPSA) is 85.1 Å². The molecule has 0 aliphatic carbocycles. The summed E-state index contributed by atoms with van der Waals surface area (Å²) in [7, 11) is -3.79. The molecule has 1 aromatic heterocycles. The predicted molar refractivity (Wildman–Crippen MR) is 82.9 cm³/mol. The Balaban J connectivity index is 2.33. The van der Waals surface area contributed by atoms with Crippen molar-refractivity contribution in [3.05, 3.63) is 34.3 Å². The summed E-state index contributed by atoms with van der Waals surface area (Å²) in [5.41, 5.74) is 6.67. The van der Waals surface area contributed by atoms with Crippen LogP contribution in [0.3, 0.4) is 0 Å². The lowest BCUT2D eigenvalue weighted by atomic mass is 10.2. The number of halogens is 1. The molecular formula is C12H14ClN3O2S2. The van der Waals surface area contributed by atoms with Crippen molar-refractivity contribution in [2.24, 2.45) is 0 Å². The number of thiazole rings is 1. The molecule has 3 N–H and O–H groups in total. The van der Waals surface area contributed by atoms with Gasteiger partial charge in [-0.3, -0.25) is 4.72 Å². The quantitative estimate of drug-likeness (QED) is 0.842. The molecule has 0 saturated carbocycles. The molecule has 2 aromatic rings. The molecule has 1 heterocycles. The molecule has 0 aliphatic rings. The molecule has 0 spiro atoms. The van der Waals surface area contributed by atoms with Crippen molar-refractivity contribution in [1.29, 1.82) is 0 Å². The van der Waals surface area contributed by atoms with Gasteiger partial charge < -0.3 is 5.73 Å². The molecule has 0 amide bonds. The van der Waals surface area contributed by atoms with Crippen LogP contribution in [0.15, 0.2) is 28.5 Å². The van der Waals surface area contributed by atoms with E-state index in [1.54, 1.807) is 0 Å². The Hall–Kier alpha value is -1.31. The third kappa shape index (κ3) is 3.23. The van der Waals surface area contributed by atoms with E-state index in [4.69, 9.17) is 17.3 Å². The number of hydrogen-bond donors (Lipinski definition) is 2. The number of aromatic nitrogens is 1. The summed E-state index contributed by atoms with van der Waals surface area (Å²) in [6, 6.07) is 4.31. The van der Waals surface area contributed by atoms with Gasteiger partial charge in [0.05, 0.1) is 11.4 Å². The first-order valence-electron chi connectivity index (χ1n) is 5.83. The summed E-state index contributed by atoms with van der Waals surface area (Å²) in [5, 5.41) is 2.44. The molecule has 5 nitrogen and oxygen atoms in total. The van der Waals surface area contributed by atoms with Gasteiger partial charge in [-0.2, -0.15) is 0 Å². The number of nitrogen functional groups attached to an aromatic ring is 1. The van der Waals surface area contributed by atoms with Gasteiger partial charge in [-0.15, -0.1) is 11.3 Å². The molecule has 0 atom stereocenters. The molecule has 108 valence electrons. The number of benzene rings is 1. The predicted octanol–water partition coefficient (Wildman–Crippen LogP) is 3.30. The van der Waals surface area contributed by atoms with Crippen molar-refractivity contribution in [1.82, 2.24) is 4.98 Å². The first-order chi connectivity index (χ1) is 9.29. The zero-order chi connectivity index (χ0) is 14.9. The Bertz CT molecular complexity index is 726. The second-order valence-electron chi connectivity index (χ2n) is 4.52. The molecular weight excluding hydrogens is 318 g/mol. The van der Waals surface area contributed by atoms with E-state index in [1.165, 1.54) is 29.5 Å². The van der Waals surface area contributed by atoms with E-state index in [0.29, 0.717) is 10.2 Å². The molecule has 0 saturated heterocycles. The SMILES string of the molecule is CC(C)c1csc(NS(=O)(=O)c2cc(Cl)ccc2N)n1. The molecule has 0 bridgehead atoms. The Morgan fingerprint density at radius 3 is 2.70 bits per heavy atom. The van der Waals surface area contributed by atoms with E-state index < -0.39 is 10.0 Å². The Morgan fingerprint density at radius 2 is 2.10 bits per heavy atom. The normalized spacial score (nSPS) is 11.8. The summed E-state index contributed by atoms with van der Waals surface area (Å²) < 4.78 is 27.0. The van der Waals surface area contributed by atoms with Crippen molar-refractivity contribution in [3.8, 4) is 0 Å². The second-order valence-corrected chi connectivity index (χ2v) is 7.47. The number of nitrogens with two attached hydrogens (primary N) is 1. The molecule has 20 heavy (non-hydrogen) atoms. The fourth-order valence-corrected chi connectivity index (χ4v) is 4.03. The standard InChI is InChI=1S/C12H14ClN3O2S2/c1-7(2)10-6-19-12(15-10)16-20(17,18)11-5-8(13)3-4-9(11)14/h3-7H,14H2,1-2H3,(H,15,16). The zero-order valence-electron chi connectivity index (χ0n) is 10.9. The maximum absolute atomic E-state index is 12.3. The highest BCUT2D eigenvalue weighted by Gasteiger charge is 2.20. The fourth-order valence-electron chi connectivity index (χ4n) is 1.51. The minimum atomic E-state index is -3.79. The maximum atomic E-state index is 12.3. The van der Waals surface area contributed by atoms with Gasteiger partial charge in [0.15, 0.2) is 5.13 Å². The Labute approximate surface area is 126 Å². The van der Waals surface area contributed by atoms with Crippen LogP contribution in [0.4, 0.5) is 10.8 Å². The summed E-state index contributed by atoms with van der Waals surface area (Å²) in [5.74, 6) is 0.237. The molecule has 1 aromatic carbocycles. The summed E-state index contributed by atoms with van der Waals surface area (Å²) in [4.78, 5) is 4.18. The monoisotopic (exact) mass is 331 g/mol. The zero-order valence-corrected chi connectivity index (χ0v) is 13.3. The van der Waals surface area contributed by atoms with Gasteiger partial charge in [-0.05, 0) is 24.1 Å². The van der Waals surface area contributed by atoms with E-state index in [2.05, 4.69) is 9.71 Å². The lowest BCUT2D eigenvalue weighted by Gasteiger charge is -2.08.